The molecule has 0 radical (unpaired) electrons. The number of pyridine rings is 1. The van der Waals surface area contributed by atoms with E-state index in [2.05, 4.69) is 10.3 Å². The average molecular weight is 705 g/mol. The molecule has 1 fully saturated rings. The summed E-state index contributed by atoms with van der Waals surface area (Å²) in [6.07, 6.45) is 2.40. The summed E-state index contributed by atoms with van der Waals surface area (Å²) in [7, 11) is 4.69. The number of ether oxygens (including phenoxy) is 3. The SMILES string of the molecule is CC.COC(=O)c1ccc(/C=C/C(=O)N(C)CCCC(CC(C)C(=O)N2CCc3ncc(C(F)(F)F)cc3C2)NC2CCOCC2OC)cc1. The monoisotopic (exact) mass is 704 g/mol. The highest BCUT2D eigenvalue weighted by Crippen LogP contribution is 2.31. The number of alkyl halides is 3. The van der Waals surface area contributed by atoms with E-state index in [0.29, 0.717) is 68.8 Å². The van der Waals surface area contributed by atoms with Gasteiger partial charge in [-0.15, -0.1) is 0 Å². The van der Waals surface area contributed by atoms with E-state index >= 15 is 0 Å². The number of rotatable bonds is 13. The molecule has 2 aliphatic heterocycles. The lowest BCUT2D eigenvalue weighted by Crippen LogP contribution is -2.52. The standard InChI is InChI=1S/C35H45F3N4O6.C2H6/c1-23(33(44)42-16-13-29-26(21-42)19-27(20-39-29)35(36,37)38)18-28(40-30-14-17-48-22-31(30)46-3)6-5-15-41(2)32(43)12-9-24-7-10-25(11-8-24)34(45)47-4;1-2/h7-12,19-20,23,28,30-31,40H,5-6,13-18,21-22H2,1-4H3;1-2H3/b12-9+;. The summed E-state index contributed by atoms with van der Waals surface area (Å²) in [5.41, 5.74) is 1.40. The van der Waals surface area contributed by atoms with Crippen LogP contribution in [0.25, 0.3) is 6.08 Å². The van der Waals surface area contributed by atoms with Gasteiger partial charge >= 0.3 is 12.1 Å². The van der Waals surface area contributed by atoms with E-state index < -0.39 is 23.6 Å². The first kappa shape index (κ1) is 40.6. The second-order valence-electron chi connectivity index (χ2n) is 12.4. The maximum atomic E-state index is 13.6. The Morgan fingerprint density at radius 1 is 1.18 bits per heavy atom. The zero-order valence-electron chi connectivity index (χ0n) is 29.9. The molecule has 2 aliphatic rings. The van der Waals surface area contributed by atoms with Crippen LogP contribution >= 0.6 is 0 Å². The summed E-state index contributed by atoms with van der Waals surface area (Å²) in [4.78, 5) is 45.3. The summed E-state index contributed by atoms with van der Waals surface area (Å²) >= 11 is 0. The number of halogens is 3. The summed E-state index contributed by atoms with van der Waals surface area (Å²) in [6, 6.07) is 7.78. The van der Waals surface area contributed by atoms with Crippen molar-refractivity contribution in [2.75, 3.05) is 47.6 Å². The van der Waals surface area contributed by atoms with Crippen LogP contribution in [-0.4, -0.2) is 98.3 Å². The van der Waals surface area contributed by atoms with Crippen molar-refractivity contribution in [1.29, 1.82) is 0 Å². The Morgan fingerprint density at radius 3 is 2.56 bits per heavy atom. The van der Waals surface area contributed by atoms with Crippen LogP contribution in [0.2, 0.25) is 0 Å². The fourth-order valence-corrected chi connectivity index (χ4v) is 6.14. The molecule has 1 saturated heterocycles. The first-order valence-corrected chi connectivity index (χ1v) is 17.2. The molecule has 4 atom stereocenters. The number of carbonyl (C=O) groups excluding carboxylic acids is 3. The number of methoxy groups -OCH3 is 2. The Hall–Kier alpha value is -3.81. The summed E-state index contributed by atoms with van der Waals surface area (Å²) in [5, 5.41) is 3.69. The number of nitrogens with one attached hydrogen (secondary N) is 1. The topological polar surface area (TPSA) is 110 Å². The Kier molecular flexibility index (Phi) is 15.9. The first-order chi connectivity index (χ1) is 23.9. The largest absolute Gasteiger partial charge is 0.465 e. The van der Waals surface area contributed by atoms with Gasteiger partial charge in [0.1, 0.15) is 0 Å². The molecule has 50 heavy (non-hydrogen) atoms. The lowest BCUT2D eigenvalue weighted by atomic mass is 9.93. The van der Waals surface area contributed by atoms with Gasteiger partial charge in [-0.1, -0.05) is 32.9 Å². The zero-order chi connectivity index (χ0) is 36.8. The quantitative estimate of drug-likeness (QED) is 0.214. The summed E-state index contributed by atoms with van der Waals surface area (Å²) < 4.78 is 55.8. The van der Waals surface area contributed by atoms with Crippen LogP contribution in [0.3, 0.4) is 0 Å². The van der Waals surface area contributed by atoms with Gasteiger partial charge in [-0.05, 0) is 61.1 Å². The molecule has 2 amide bonds. The van der Waals surface area contributed by atoms with E-state index in [1.165, 1.54) is 13.2 Å². The molecule has 0 spiro atoms. The van der Waals surface area contributed by atoms with E-state index in [9.17, 15) is 27.6 Å². The molecule has 4 rings (SSSR count). The Bertz CT molecular complexity index is 1440. The second-order valence-corrected chi connectivity index (χ2v) is 12.4. The molecule has 1 aromatic heterocycles. The molecule has 276 valence electrons. The van der Waals surface area contributed by atoms with Crippen LogP contribution in [0.4, 0.5) is 13.2 Å². The Balaban J connectivity index is 0.00000332. The van der Waals surface area contributed by atoms with Crippen molar-refractivity contribution in [2.45, 2.75) is 83.8 Å². The normalized spacial score (nSPS) is 18.8. The van der Waals surface area contributed by atoms with E-state index in [0.717, 1.165) is 24.2 Å². The number of amides is 2. The van der Waals surface area contributed by atoms with Crippen LogP contribution in [0.15, 0.2) is 42.6 Å². The average Bonchev–Trinajstić information content (AvgIpc) is 3.13. The van der Waals surface area contributed by atoms with E-state index in [4.69, 9.17) is 14.2 Å². The van der Waals surface area contributed by atoms with Gasteiger partial charge in [-0.3, -0.25) is 14.6 Å². The number of hydrogen-bond donors (Lipinski definition) is 1. The Morgan fingerprint density at radius 2 is 1.90 bits per heavy atom. The maximum Gasteiger partial charge on any atom is 0.417 e. The molecule has 0 saturated carbocycles. The molecule has 0 aliphatic carbocycles. The van der Waals surface area contributed by atoms with Crippen LogP contribution in [0, 0.1) is 5.92 Å². The molecule has 0 bridgehead atoms. The highest BCUT2D eigenvalue weighted by atomic mass is 19.4. The summed E-state index contributed by atoms with van der Waals surface area (Å²) in [5.74, 6) is -1.11. The van der Waals surface area contributed by atoms with Gasteiger partial charge in [-0.2, -0.15) is 13.2 Å². The molecular formula is C37H51F3N4O6. The molecule has 4 unspecified atom stereocenters. The molecule has 1 aromatic carbocycles. The molecule has 1 N–H and O–H groups in total. The third-order valence-corrected chi connectivity index (χ3v) is 8.97. The zero-order valence-corrected chi connectivity index (χ0v) is 29.9. The van der Waals surface area contributed by atoms with Crippen molar-refractivity contribution in [3.8, 4) is 0 Å². The predicted octanol–water partition coefficient (Wildman–Crippen LogP) is 5.54. The van der Waals surface area contributed by atoms with E-state index in [1.807, 2.05) is 20.8 Å². The fourth-order valence-electron chi connectivity index (χ4n) is 6.14. The third-order valence-electron chi connectivity index (χ3n) is 8.97. The predicted molar refractivity (Wildman–Crippen MR) is 184 cm³/mol. The van der Waals surface area contributed by atoms with E-state index in [1.54, 1.807) is 54.3 Å². The van der Waals surface area contributed by atoms with Crippen molar-refractivity contribution in [2.24, 2.45) is 5.92 Å². The highest BCUT2D eigenvalue weighted by molar-refractivity contribution is 5.92. The van der Waals surface area contributed by atoms with Crippen molar-refractivity contribution >= 4 is 23.9 Å². The number of fused-ring (bicyclic) bond motifs is 1. The molecule has 2 aromatic rings. The maximum absolute atomic E-state index is 13.6. The van der Waals surface area contributed by atoms with Crippen LogP contribution in [0.1, 0.15) is 79.2 Å². The molecular weight excluding hydrogens is 653 g/mol. The number of benzene rings is 1. The van der Waals surface area contributed by atoms with Gasteiger partial charge in [0.25, 0.3) is 0 Å². The smallest absolute Gasteiger partial charge is 0.417 e. The van der Waals surface area contributed by atoms with Crippen LogP contribution in [0.5, 0.6) is 0 Å². The third kappa shape index (κ3) is 11.6. The number of hydrogen-bond acceptors (Lipinski definition) is 8. The number of esters is 1. The fraction of sp³-hybridized carbons (Fsp3) is 0.568. The van der Waals surface area contributed by atoms with E-state index in [-0.39, 0.29) is 36.5 Å². The Labute approximate surface area is 293 Å². The molecule has 10 nitrogen and oxygen atoms in total. The first-order valence-electron chi connectivity index (χ1n) is 17.2. The van der Waals surface area contributed by atoms with Crippen molar-refractivity contribution < 1.29 is 41.8 Å². The van der Waals surface area contributed by atoms with Crippen LogP contribution in [-0.2, 0) is 42.9 Å². The minimum Gasteiger partial charge on any atom is -0.465 e. The van der Waals surface area contributed by atoms with Gasteiger partial charge in [0.05, 0.1) is 30.9 Å². The van der Waals surface area contributed by atoms with Gasteiger partial charge in [0, 0.05) is 82.8 Å². The second kappa shape index (κ2) is 19.5. The van der Waals surface area contributed by atoms with Gasteiger partial charge < -0.3 is 29.3 Å². The van der Waals surface area contributed by atoms with Crippen molar-refractivity contribution in [3.05, 3.63) is 70.6 Å². The minimum absolute atomic E-state index is 0.0256. The van der Waals surface area contributed by atoms with Gasteiger partial charge in [0.15, 0.2) is 0 Å². The van der Waals surface area contributed by atoms with Crippen LogP contribution < -0.4 is 5.32 Å². The molecule has 3 heterocycles. The number of likely N-dealkylation sites (N-methyl/N-ethyl adjacent to an activating group) is 1. The highest BCUT2D eigenvalue weighted by Gasteiger charge is 2.34. The van der Waals surface area contributed by atoms with Crippen molar-refractivity contribution in [3.63, 3.8) is 0 Å². The number of nitrogens with zero attached hydrogens (tertiary/aromatic N) is 3. The number of aromatic nitrogens is 1. The minimum atomic E-state index is -4.50. The lowest BCUT2D eigenvalue weighted by molar-refractivity contribution is -0.138. The number of carbonyl (C=O) groups is 3. The lowest BCUT2D eigenvalue weighted by Gasteiger charge is -2.36. The summed E-state index contributed by atoms with van der Waals surface area (Å²) in [6.45, 7) is 7.89. The van der Waals surface area contributed by atoms with Crippen molar-refractivity contribution in [1.82, 2.24) is 20.1 Å². The van der Waals surface area contributed by atoms with Gasteiger partial charge in [-0.25, -0.2) is 4.79 Å². The molecule has 13 heteroatoms. The van der Waals surface area contributed by atoms with Gasteiger partial charge in [0.2, 0.25) is 11.8 Å².